The van der Waals surface area contributed by atoms with Gasteiger partial charge < -0.3 is 9.47 Å². The minimum absolute atomic E-state index is 0.309. The summed E-state index contributed by atoms with van der Waals surface area (Å²) in [6.45, 7) is 1.86. The fourth-order valence-electron chi connectivity index (χ4n) is 2.10. The quantitative estimate of drug-likeness (QED) is 0.783. The Hall–Kier alpha value is -1.56. The lowest BCUT2D eigenvalue weighted by molar-refractivity contribution is -0.143. The maximum absolute atomic E-state index is 11.9. The van der Waals surface area contributed by atoms with Gasteiger partial charge in [0.05, 0.1) is 25.5 Å². The summed E-state index contributed by atoms with van der Waals surface area (Å²) in [5.41, 5.74) is 1.54. The number of hydrogen-bond acceptors (Lipinski definition) is 5. The number of aromatic nitrogens is 2. The van der Waals surface area contributed by atoms with Crippen LogP contribution in [0, 0.1) is 6.92 Å². The predicted molar refractivity (Wildman–Crippen MR) is 65.4 cm³/mol. The number of hydrogen-bond donors (Lipinski definition) is 1. The molecule has 2 rings (SSSR count). The lowest BCUT2D eigenvalue weighted by atomic mass is 10.1. The predicted octanol–water partition coefficient (Wildman–Crippen LogP) is 0.703. The van der Waals surface area contributed by atoms with E-state index in [2.05, 4.69) is 10.4 Å². The van der Waals surface area contributed by atoms with Gasteiger partial charge in [0.15, 0.2) is 0 Å². The molecule has 1 atom stereocenters. The summed E-state index contributed by atoms with van der Waals surface area (Å²) >= 11 is 0. The molecule has 0 radical (unpaired) electrons. The molecule has 1 heterocycles. The first-order valence-electron chi connectivity index (χ1n) is 5.99. The number of esters is 1. The van der Waals surface area contributed by atoms with Gasteiger partial charge >= 0.3 is 5.97 Å². The van der Waals surface area contributed by atoms with Crippen molar-refractivity contribution in [2.24, 2.45) is 7.05 Å². The molecule has 1 aliphatic carbocycles. The minimum atomic E-state index is -0.508. The monoisotopic (exact) mass is 253 g/mol. The van der Waals surface area contributed by atoms with E-state index in [4.69, 9.17) is 9.47 Å². The highest BCUT2D eigenvalue weighted by molar-refractivity contribution is 5.79. The van der Waals surface area contributed by atoms with Crippen LogP contribution in [0.1, 0.15) is 30.1 Å². The molecule has 1 N–H and O–H groups in total. The highest BCUT2D eigenvalue weighted by atomic mass is 16.5. The largest absolute Gasteiger partial charge is 0.481 e. The lowest BCUT2D eigenvalue weighted by Gasteiger charge is -2.17. The van der Waals surface area contributed by atoms with Gasteiger partial charge in [0.25, 0.3) is 0 Å². The first kappa shape index (κ1) is 12.9. The molecular weight excluding hydrogens is 234 g/mol. The van der Waals surface area contributed by atoms with Crippen molar-refractivity contribution in [2.75, 3.05) is 14.2 Å². The number of methoxy groups -OCH3 is 2. The third-order valence-corrected chi connectivity index (χ3v) is 3.11. The van der Waals surface area contributed by atoms with Crippen LogP contribution in [0.4, 0.5) is 0 Å². The average Bonchev–Trinajstić information content (AvgIpc) is 3.11. The van der Waals surface area contributed by atoms with Crippen molar-refractivity contribution in [2.45, 2.75) is 31.8 Å². The zero-order valence-corrected chi connectivity index (χ0v) is 11.2. The normalized spacial score (nSPS) is 16.4. The van der Waals surface area contributed by atoms with Crippen molar-refractivity contribution in [3.63, 3.8) is 0 Å². The molecule has 0 amide bonds. The SMILES string of the molecule is COC(=O)C(NC1CC1)c1c(C)nn(C)c1OC. The van der Waals surface area contributed by atoms with Crippen LogP contribution < -0.4 is 10.1 Å². The molecule has 1 aliphatic rings. The second kappa shape index (κ2) is 4.97. The van der Waals surface area contributed by atoms with Gasteiger partial charge in [0.2, 0.25) is 5.88 Å². The maximum atomic E-state index is 11.9. The molecule has 100 valence electrons. The first-order valence-corrected chi connectivity index (χ1v) is 5.99. The van der Waals surface area contributed by atoms with Gasteiger partial charge in [0.1, 0.15) is 6.04 Å². The Morgan fingerprint density at radius 2 is 2.17 bits per heavy atom. The van der Waals surface area contributed by atoms with Gasteiger partial charge in [0, 0.05) is 13.1 Å². The molecule has 0 saturated heterocycles. The van der Waals surface area contributed by atoms with Crippen molar-refractivity contribution in [1.82, 2.24) is 15.1 Å². The van der Waals surface area contributed by atoms with Gasteiger partial charge in [-0.3, -0.25) is 5.32 Å². The second-order valence-corrected chi connectivity index (χ2v) is 4.53. The Bertz CT molecular complexity index is 452. The van der Waals surface area contributed by atoms with Crippen LogP contribution >= 0.6 is 0 Å². The van der Waals surface area contributed by atoms with E-state index in [0.717, 1.165) is 24.1 Å². The molecule has 0 spiro atoms. The molecule has 1 aromatic rings. The Morgan fingerprint density at radius 1 is 1.50 bits per heavy atom. The van der Waals surface area contributed by atoms with E-state index >= 15 is 0 Å². The minimum Gasteiger partial charge on any atom is -0.481 e. The zero-order valence-electron chi connectivity index (χ0n) is 11.2. The van der Waals surface area contributed by atoms with E-state index in [1.165, 1.54) is 7.11 Å². The Kier molecular flexibility index (Phi) is 3.56. The van der Waals surface area contributed by atoms with Crippen molar-refractivity contribution in [1.29, 1.82) is 0 Å². The number of ether oxygens (including phenoxy) is 2. The van der Waals surface area contributed by atoms with Crippen LogP contribution in [0.5, 0.6) is 5.88 Å². The summed E-state index contributed by atoms with van der Waals surface area (Å²) in [4.78, 5) is 11.9. The van der Waals surface area contributed by atoms with Crippen LogP contribution in [-0.4, -0.2) is 36.0 Å². The highest BCUT2D eigenvalue weighted by Gasteiger charge is 2.34. The standard InChI is InChI=1S/C12H19N3O3/c1-7-9(11(17-3)15(2)14-7)10(12(16)18-4)13-8-5-6-8/h8,10,13H,5-6H2,1-4H3. The number of carbonyl (C=O) groups is 1. The molecule has 1 aromatic heterocycles. The number of nitrogens with zero attached hydrogens (tertiary/aromatic N) is 2. The van der Waals surface area contributed by atoms with Gasteiger partial charge in [-0.2, -0.15) is 5.10 Å². The number of nitrogens with one attached hydrogen (secondary N) is 1. The second-order valence-electron chi connectivity index (χ2n) is 4.53. The van der Waals surface area contributed by atoms with Crippen molar-refractivity contribution in [3.05, 3.63) is 11.3 Å². The van der Waals surface area contributed by atoms with Crippen molar-refractivity contribution >= 4 is 5.97 Å². The number of carbonyl (C=O) groups excluding carboxylic acids is 1. The van der Waals surface area contributed by atoms with Crippen LogP contribution in [0.25, 0.3) is 0 Å². The summed E-state index contributed by atoms with van der Waals surface area (Å²) in [6.07, 6.45) is 2.18. The third kappa shape index (κ3) is 2.33. The molecule has 0 aliphatic heterocycles. The number of rotatable bonds is 5. The summed E-state index contributed by atoms with van der Waals surface area (Å²) in [6, 6.07) is -0.121. The van der Waals surface area contributed by atoms with Crippen LogP contribution in [0.15, 0.2) is 0 Å². The van der Waals surface area contributed by atoms with Crippen LogP contribution in [0.2, 0.25) is 0 Å². The Labute approximate surface area is 106 Å². The van der Waals surface area contributed by atoms with Gasteiger partial charge in [-0.1, -0.05) is 0 Å². The van der Waals surface area contributed by atoms with Crippen LogP contribution in [-0.2, 0) is 16.6 Å². The fraction of sp³-hybridized carbons (Fsp3) is 0.667. The highest BCUT2D eigenvalue weighted by Crippen LogP contribution is 2.32. The van der Waals surface area contributed by atoms with Gasteiger partial charge in [-0.25, -0.2) is 9.48 Å². The summed E-state index contributed by atoms with van der Waals surface area (Å²) in [5.74, 6) is 0.285. The first-order chi connectivity index (χ1) is 8.58. The van der Waals surface area contributed by atoms with E-state index in [-0.39, 0.29) is 5.97 Å². The topological polar surface area (TPSA) is 65.4 Å². The summed E-state index contributed by atoms with van der Waals surface area (Å²) in [7, 11) is 4.76. The Morgan fingerprint density at radius 3 is 2.67 bits per heavy atom. The van der Waals surface area contributed by atoms with Gasteiger partial charge in [-0.15, -0.1) is 0 Å². The van der Waals surface area contributed by atoms with Crippen molar-refractivity contribution in [3.8, 4) is 5.88 Å². The van der Waals surface area contributed by atoms with Gasteiger partial charge in [-0.05, 0) is 19.8 Å². The molecule has 6 nitrogen and oxygen atoms in total. The van der Waals surface area contributed by atoms with E-state index in [1.54, 1.807) is 18.8 Å². The maximum Gasteiger partial charge on any atom is 0.327 e. The van der Waals surface area contributed by atoms with Crippen LogP contribution in [0.3, 0.4) is 0 Å². The molecule has 1 saturated carbocycles. The average molecular weight is 253 g/mol. The van der Waals surface area contributed by atoms with E-state index in [0.29, 0.717) is 11.9 Å². The van der Waals surface area contributed by atoms with Crippen molar-refractivity contribution < 1.29 is 14.3 Å². The molecule has 6 heteroatoms. The van der Waals surface area contributed by atoms with E-state index in [1.807, 2.05) is 6.92 Å². The molecular formula is C12H19N3O3. The lowest BCUT2D eigenvalue weighted by Crippen LogP contribution is -2.31. The summed E-state index contributed by atoms with van der Waals surface area (Å²) < 4.78 is 11.8. The number of aryl methyl sites for hydroxylation is 2. The van der Waals surface area contributed by atoms with E-state index < -0.39 is 6.04 Å². The fourth-order valence-corrected chi connectivity index (χ4v) is 2.10. The van der Waals surface area contributed by atoms with E-state index in [9.17, 15) is 4.79 Å². The summed E-state index contributed by atoms with van der Waals surface area (Å²) in [5, 5.41) is 7.57. The molecule has 1 fully saturated rings. The zero-order chi connectivity index (χ0) is 13.3. The molecule has 0 aromatic carbocycles. The smallest absolute Gasteiger partial charge is 0.327 e. The Balaban J connectivity index is 2.36. The molecule has 18 heavy (non-hydrogen) atoms. The molecule has 1 unspecified atom stereocenters. The third-order valence-electron chi connectivity index (χ3n) is 3.11. The molecule has 0 bridgehead atoms.